The van der Waals surface area contributed by atoms with Gasteiger partial charge in [-0.15, -0.1) is 0 Å². The van der Waals surface area contributed by atoms with E-state index >= 15 is 0 Å². The molecule has 0 aliphatic heterocycles. The van der Waals surface area contributed by atoms with Gasteiger partial charge in [0.25, 0.3) is 0 Å². The summed E-state index contributed by atoms with van der Waals surface area (Å²) in [5, 5.41) is 0. The molecule has 5 nitrogen and oxygen atoms in total. The van der Waals surface area contributed by atoms with E-state index in [0.29, 0.717) is 5.75 Å². The minimum absolute atomic E-state index is 0.0328. The van der Waals surface area contributed by atoms with Crippen LogP contribution in [0.2, 0.25) is 0 Å². The Labute approximate surface area is 186 Å². The largest absolute Gasteiger partial charge is 0.486 e. The first-order valence-corrected chi connectivity index (χ1v) is 11.2. The number of ether oxygens (including phenoxy) is 3. The molecule has 0 spiro atoms. The molecule has 0 N–H and O–H groups in total. The van der Waals surface area contributed by atoms with Gasteiger partial charge in [0.15, 0.2) is 0 Å². The van der Waals surface area contributed by atoms with Crippen LogP contribution in [0.15, 0.2) is 24.3 Å². The van der Waals surface area contributed by atoms with Crippen LogP contribution in [0.1, 0.15) is 74.7 Å². The molecule has 0 amide bonds. The Morgan fingerprint density at radius 2 is 1.55 bits per heavy atom. The number of esters is 2. The van der Waals surface area contributed by atoms with Crippen molar-refractivity contribution in [2.75, 3.05) is 0 Å². The molecule has 0 unspecified atom stereocenters. The van der Waals surface area contributed by atoms with Crippen molar-refractivity contribution >= 4 is 11.9 Å². The molecule has 0 radical (unpaired) electrons. The van der Waals surface area contributed by atoms with E-state index in [2.05, 4.69) is 13.8 Å². The van der Waals surface area contributed by atoms with Crippen LogP contribution in [0.5, 0.6) is 5.75 Å². The summed E-state index contributed by atoms with van der Waals surface area (Å²) in [7, 11) is 0. The summed E-state index contributed by atoms with van der Waals surface area (Å²) in [6, 6.07) is 5.81. The van der Waals surface area contributed by atoms with Gasteiger partial charge in [-0.25, -0.2) is 4.39 Å². The summed E-state index contributed by atoms with van der Waals surface area (Å²) < 4.78 is 30.6. The van der Waals surface area contributed by atoms with E-state index in [1.807, 2.05) is 13.8 Å². The third-order valence-corrected chi connectivity index (χ3v) is 5.28. The van der Waals surface area contributed by atoms with Gasteiger partial charge in [0, 0.05) is 0 Å². The summed E-state index contributed by atoms with van der Waals surface area (Å²) in [4.78, 5) is 25.2. The second-order valence-corrected chi connectivity index (χ2v) is 9.40. The third kappa shape index (κ3) is 9.28. The van der Waals surface area contributed by atoms with E-state index in [1.165, 1.54) is 12.1 Å². The lowest BCUT2D eigenvalue weighted by molar-refractivity contribution is -0.168. The smallest absolute Gasteiger partial charge is 0.310 e. The number of carbonyl (C=O) groups is 2. The van der Waals surface area contributed by atoms with Gasteiger partial charge in [-0.05, 0) is 76.6 Å². The normalized spacial score (nSPS) is 14.8. The lowest BCUT2D eigenvalue weighted by Gasteiger charge is -2.32. The van der Waals surface area contributed by atoms with Crippen molar-refractivity contribution in [3.63, 3.8) is 0 Å². The number of hydrogen-bond donors (Lipinski definition) is 0. The number of carbonyl (C=O) groups excluding carboxylic acids is 2. The Balaban J connectivity index is 2.94. The number of halogens is 1. The van der Waals surface area contributed by atoms with Crippen molar-refractivity contribution in [2.24, 2.45) is 17.8 Å². The average Bonchev–Trinajstić information content (AvgIpc) is 2.66. The highest BCUT2D eigenvalue weighted by Gasteiger charge is 2.34. The van der Waals surface area contributed by atoms with E-state index in [1.54, 1.807) is 39.8 Å². The topological polar surface area (TPSA) is 61.8 Å². The number of rotatable bonds is 11. The van der Waals surface area contributed by atoms with Crippen molar-refractivity contribution in [3.8, 4) is 5.75 Å². The predicted molar refractivity (Wildman–Crippen MR) is 119 cm³/mol. The Bertz CT molecular complexity index is 689. The second-order valence-electron chi connectivity index (χ2n) is 9.40. The minimum Gasteiger partial charge on any atom is -0.486 e. The summed E-state index contributed by atoms with van der Waals surface area (Å²) in [6.45, 7) is 15.1. The fourth-order valence-corrected chi connectivity index (χ4v) is 3.49. The van der Waals surface area contributed by atoms with Gasteiger partial charge >= 0.3 is 11.9 Å². The Hall–Kier alpha value is -2.11. The van der Waals surface area contributed by atoms with E-state index in [-0.39, 0.29) is 24.1 Å². The summed E-state index contributed by atoms with van der Waals surface area (Å²) in [5.74, 6) is -1.22. The molecule has 0 saturated heterocycles. The maximum atomic E-state index is 13.3. The van der Waals surface area contributed by atoms with Gasteiger partial charge in [-0.3, -0.25) is 9.59 Å². The fourth-order valence-electron chi connectivity index (χ4n) is 3.49. The van der Waals surface area contributed by atoms with Crippen LogP contribution in [-0.2, 0) is 19.1 Å². The zero-order valence-electron chi connectivity index (χ0n) is 20.2. The first-order valence-electron chi connectivity index (χ1n) is 11.2. The molecule has 0 saturated carbocycles. The van der Waals surface area contributed by atoms with Crippen LogP contribution in [0.3, 0.4) is 0 Å². The van der Waals surface area contributed by atoms with Crippen LogP contribution in [0.25, 0.3) is 0 Å². The molecule has 176 valence electrons. The summed E-state index contributed by atoms with van der Waals surface area (Å²) in [5.41, 5.74) is -0.612. The van der Waals surface area contributed by atoms with E-state index in [9.17, 15) is 14.0 Å². The summed E-state index contributed by atoms with van der Waals surface area (Å²) >= 11 is 0. The zero-order valence-corrected chi connectivity index (χ0v) is 20.2. The van der Waals surface area contributed by atoms with Gasteiger partial charge in [0.05, 0.1) is 12.3 Å². The Morgan fingerprint density at radius 1 is 1.00 bits per heavy atom. The summed E-state index contributed by atoms with van der Waals surface area (Å²) in [6.07, 6.45) is 0.724. The highest BCUT2D eigenvalue weighted by atomic mass is 19.1. The molecule has 1 aromatic carbocycles. The maximum Gasteiger partial charge on any atom is 0.310 e. The number of benzene rings is 1. The third-order valence-electron chi connectivity index (χ3n) is 5.28. The molecule has 0 bridgehead atoms. The molecule has 1 aromatic rings. The first-order chi connectivity index (χ1) is 14.4. The fraction of sp³-hybridized carbons (Fsp3) is 0.680. The monoisotopic (exact) mass is 438 g/mol. The van der Waals surface area contributed by atoms with Crippen LogP contribution in [0, 0.1) is 23.6 Å². The molecular formula is C25H39FO5. The molecule has 0 aliphatic rings. The van der Waals surface area contributed by atoms with Gasteiger partial charge in [0.2, 0.25) is 0 Å². The molecule has 0 aromatic heterocycles. The molecule has 0 heterocycles. The van der Waals surface area contributed by atoms with Crippen molar-refractivity contribution in [2.45, 2.75) is 92.5 Å². The molecular weight excluding hydrogens is 399 g/mol. The molecule has 0 aliphatic carbocycles. The highest BCUT2D eigenvalue weighted by Crippen LogP contribution is 2.27. The van der Waals surface area contributed by atoms with Crippen LogP contribution in [-0.4, -0.2) is 29.7 Å². The molecule has 3 atom stereocenters. The van der Waals surface area contributed by atoms with Crippen LogP contribution < -0.4 is 4.74 Å². The molecule has 1 rings (SSSR count). The SMILES string of the molecule is CCC(CC)[C@@H](Oc1ccc(F)cc1)[C@H](C)OC(=O)[C@@H](CC(=O)OC(C)(C)C)C(C)C. The average molecular weight is 439 g/mol. The second kappa shape index (κ2) is 12.1. The van der Waals surface area contributed by atoms with E-state index in [0.717, 1.165) is 12.8 Å². The molecule has 31 heavy (non-hydrogen) atoms. The van der Waals surface area contributed by atoms with E-state index < -0.39 is 35.7 Å². The predicted octanol–water partition coefficient (Wildman–Crippen LogP) is 5.95. The Morgan fingerprint density at radius 3 is 2.00 bits per heavy atom. The minimum atomic E-state index is -0.612. The van der Waals surface area contributed by atoms with E-state index in [4.69, 9.17) is 14.2 Å². The lowest BCUT2D eigenvalue weighted by atomic mass is 9.91. The lowest BCUT2D eigenvalue weighted by Crippen LogP contribution is -2.41. The van der Waals surface area contributed by atoms with Crippen LogP contribution in [0.4, 0.5) is 4.39 Å². The Kier molecular flexibility index (Phi) is 10.5. The zero-order chi connectivity index (χ0) is 23.8. The highest BCUT2D eigenvalue weighted by molar-refractivity contribution is 5.80. The van der Waals surface area contributed by atoms with Crippen molar-refractivity contribution in [1.29, 1.82) is 0 Å². The van der Waals surface area contributed by atoms with Crippen molar-refractivity contribution < 1.29 is 28.2 Å². The first kappa shape index (κ1) is 26.9. The van der Waals surface area contributed by atoms with Crippen LogP contribution >= 0.6 is 0 Å². The van der Waals surface area contributed by atoms with Gasteiger partial charge in [-0.2, -0.15) is 0 Å². The van der Waals surface area contributed by atoms with Gasteiger partial charge in [-0.1, -0.05) is 27.7 Å². The standard InChI is InChI=1S/C25H39FO5/c1-9-18(10-2)23(30-20-13-11-19(26)12-14-20)17(5)29-24(28)21(16(3)4)15-22(27)31-25(6,7)8/h11-14,16-18,21,23H,9-10,15H2,1-8H3/t17-,21-,23-/m0/s1. The van der Waals surface area contributed by atoms with Gasteiger partial charge < -0.3 is 14.2 Å². The molecule has 0 fully saturated rings. The maximum absolute atomic E-state index is 13.3. The van der Waals surface area contributed by atoms with Gasteiger partial charge in [0.1, 0.15) is 29.4 Å². The van der Waals surface area contributed by atoms with Crippen molar-refractivity contribution in [1.82, 2.24) is 0 Å². The van der Waals surface area contributed by atoms with Crippen molar-refractivity contribution in [3.05, 3.63) is 30.1 Å². The number of hydrogen-bond acceptors (Lipinski definition) is 5. The molecule has 6 heteroatoms. The quantitative estimate of drug-likeness (QED) is 0.400.